The third-order valence-electron chi connectivity index (χ3n) is 3.05. The average Bonchev–Trinajstić information content (AvgIpc) is 2.48. The van der Waals surface area contributed by atoms with Crippen LogP contribution in [0.5, 0.6) is 5.75 Å². The molecule has 1 atom stereocenters. The largest absolute Gasteiger partial charge is 0.462 e. The predicted molar refractivity (Wildman–Crippen MR) is 78.2 cm³/mol. The Hall–Kier alpha value is -1.88. The molecule has 1 unspecified atom stereocenters. The Morgan fingerprint density at radius 3 is 2.40 bits per heavy atom. The minimum absolute atomic E-state index is 0.286. The molecule has 106 valence electrons. The quantitative estimate of drug-likeness (QED) is 0.902. The molecule has 0 saturated carbocycles. The number of nitrogens with one attached hydrogen (secondary N) is 1. The van der Waals surface area contributed by atoms with Crippen LogP contribution in [0.15, 0.2) is 53.4 Å². The second-order valence-electron chi connectivity index (χ2n) is 4.24. The van der Waals surface area contributed by atoms with Gasteiger partial charge in [-0.3, -0.25) is 0 Å². The minimum Gasteiger partial charge on any atom is -0.462 e. The molecule has 5 heteroatoms. The highest BCUT2D eigenvalue weighted by atomic mass is 32.2. The Balaban J connectivity index is 2.41. The normalized spacial score (nSPS) is 13.7. The summed E-state index contributed by atoms with van der Waals surface area (Å²) in [6.45, 7) is 0.846. The van der Waals surface area contributed by atoms with Gasteiger partial charge in [-0.05, 0) is 23.8 Å². The molecule has 0 bridgehead atoms. The lowest BCUT2D eigenvalue weighted by molar-refractivity contribution is 0.192. The average molecular weight is 293 g/mol. The van der Waals surface area contributed by atoms with E-state index in [0.717, 1.165) is 11.1 Å². The Bertz CT molecular complexity index is 681. The van der Waals surface area contributed by atoms with Gasteiger partial charge in [0.05, 0.1) is 9.73 Å². The fourth-order valence-corrected chi connectivity index (χ4v) is 2.82. The Morgan fingerprint density at radius 1 is 1.15 bits per heavy atom. The number of para-hydroxylation sites is 1. The van der Waals surface area contributed by atoms with Crippen molar-refractivity contribution in [3.8, 4) is 16.9 Å². The highest BCUT2D eigenvalue weighted by Gasteiger charge is 2.09. The molecule has 0 fully saturated rings. The van der Waals surface area contributed by atoms with Gasteiger partial charge in [0.2, 0.25) is 6.86 Å². The Kier molecular flexibility index (Phi) is 4.39. The molecule has 0 aliphatic heterocycles. The first-order valence-electron chi connectivity index (χ1n) is 6.23. The zero-order valence-electron chi connectivity index (χ0n) is 11.1. The van der Waals surface area contributed by atoms with Crippen LogP contribution in [-0.4, -0.2) is 16.8 Å². The third-order valence-corrected chi connectivity index (χ3v) is 4.90. The van der Waals surface area contributed by atoms with Gasteiger partial charge in [0, 0.05) is 16.2 Å². The first-order chi connectivity index (χ1) is 9.58. The van der Waals surface area contributed by atoms with Gasteiger partial charge < -0.3 is 4.74 Å². The number of hydrogen-bond acceptors (Lipinski definition) is 3. The van der Waals surface area contributed by atoms with Crippen LogP contribution in [0, 0.1) is 4.78 Å². The van der Waals surface area contributed by atoms with Crippen molar-refractivity contribution in [3.05, 3.63) is 48.5 Å². The van der Waals surface area contributed by atoms with Crippen LogP contribution in [0.3, 0.4) is 0 Å². The van der Waals surface area contributed by atoms with Crippen molar-refractivity contribution >= 4 is 9.73 Å². The number of benzene rings is 2. The van der Waals surface area contributed by atoms with Crippen LogP contribution < -0.4 is 4.74 Å². The van der Waals surface area contributed by atoms with E-state index in [-0.39, 0.29) is 5.75 Å². The second kappa shape index (κ2) is 6.05. The molecule has 0 saturated heterocycles. The van der Waals surface area contributed by atoms with E-state index in [9.17, 15) is 8.60 Å². The first kappa shape index (κ1) is 14.5. The standard InChI is InChI=1S/C15H16FNO2S/c1-2-20(17,18)13-9-7-12(8-10-13)14-5-3-4-6-15(14)19-11-16/h3-10,17H,2,11H2,1H3. The van der Waals surface area contributed by atoms with Crippen LogP contribution in [-0.2, 0) is 9.73 Å². The van der Waals surface area contributed by atoms with E-state index >= 15 is 0 Å². The van der Waals surface area contributed by atoms with Crippen molar-refractivity contribution in [3.63, 3.8) is 0 Å². The summed E-state index contributed by atoms with van der Waals surface area (Å²) in [6.07, 6.45) is 0. The van der Waals surface area contributed by atoms with E-state index in [2.05, 4.69) is 0 Å². The van der Waals surface area contributed by atoms with Crippen LogP contribution in [0.1, 0.15) is 6.92 Å². The summed E-state index contributed by atoms with van der Waals surface area (Å²) in [4.78, 5) is 0.507. The maximum Gasteiger partial charge on any atom is 0.228 e. The zero-order chi connectivity index (χ0) is 14.6. The molecule has 0 amide bonds. The molecule has 0 heterocycles. The van der Waals surface area contributed by atoms with Gasteiger partial charge in [-0.15, -0.1) is 0 Å². The molecule has 0 radical (unpaired) electrons. The fraction of sp³-hybridized carbons (Fsp3) is 0.200. The maximum absolute atomic E-state index is 12.4. The summed E-state index contributed by atoms with van der Waals surface area (Å²) >= 11 is 0. The molecule has 20 heavy (non-hydrogen) atoms. The fourth-order valence-electron chi connectivity index (χ4n) is 1.91. The lowest BCUT2D eigenvalue weighted by Crippen LogP contribution is -2.01. The molecule has 1 N–H and O–H groups in total. The summed E-state index contributed by atoms with van der Waals surface area (Å²) in [5.41, 5.74) is 1.61. The molecule has 2 rings (SSSR count). The molecule has 0 aromatic heterocycles. The van der Waals surface area contributed by atoms with E-state index in [1.165, 1.54) is 0 Å². The van der Waals surface area contributed by atoms with E-state index in [4.69, 9.17) is 9.52 Å². The van der Waals surface area contributed by atoms with Gasteiger partial charge in [-0.25, -0.2) is 13.4 Å². The van der Waals surface area contributed by atoms with Crippen molar-refractivity contribution in [2.75, 3.05) is 12.6 Å². The summed E-state index contributed by atoms with van der Waals surface area (Å²) in [5, 5.41) is 0. The summed E-state index contributed by atoms with van der Waals surface area (Å²) in [7, 11) is -2.71. The van der Waals surface area contributed by atoms with E-state index < -0.39 is 16.6 Å². The molecule has 0 aliphatic carbocycles. The van der Waals surface area contributed by atoms with Crippen LogP contribution in [0.25, 0.3) is 11.1 Å². The number of hydrogen-bond donors (Lipinski definition) is 1. The van der Waals surface area contributed by atoms with Gasteiger partial charge in [0.25, 0.3) is 0 Å². The van der Waals surface area contributed by atoms with Gasteiger partial charge >= 0.3 is 0 Å². The third kappa shape index (κ3) is 2.99. The van der Waals surface area contributed by atoms with Gasteiger partial charge in [0.15, 0.2) is 0 Å². The SMILES string of the molecule is CCS(=N)(=O)c1ccc(-c2ccccc2OCF)cc1. The topological polar surface area (TPSA) is 50.2 Å². The first-order valence-corrected chi connectivity index (χ1v) is 7.96. The maximum atomic E-state index is 12.4. The summed E-state index contributed by atoms with van der Waals surface area (Å²) < 4.78 is 37.0. The van der Waals surface area contributed by atoms with Gasteiger partial charge in [0.1, 0.15) is 5.75 Å². The van der Waals surface area contributed by atoms with E-state index in [1.807, 2.05) is 12.1 Å². The predicted octanol–water partition coefficient (Wildman–Crippen LogP) is 4.08. The van der Waals surface area contributed by atoms with Crippen molar-refractivity contribution in [1.29, 1.82) is 4.78 Å². The molecule has 3 nitrogen and oxygen atoms in total. The number of ether oxygens (including phenoxy) is 1. The van der Waals surface area contributed by atoms with Crippen molar-refractivity contribution in [2.24, 2.45) is 0 Å². The lowest BCUT2D eigenvalue weighted by atomic mass is 10.1. The molecule has 0 aliphatic rings. The van der Waals surface area contributed by atoms with E-state index in [0.29, 0.717) is 10.6 Å². The highest BCUT2D eigenvalue weighted by Crippen LogP contribution is 2.30. The molecular formula is C15H16FNO2S. The highest BCUT2D eigenvalue weighted by molar-refractivity contribution is 7.92. The summed E-state index contributed by atoms with van der Waals surface area (Å²) in [5.74, 6) is 0.748. The van der Waals surface area contributed by atoms with Crippen molar-refractivity contribution in [1.82, 2.24) is 0 Å². The number of alkyl halides is 1. The van der Waals surface area contributed by atoms with Crippen molar-refractivity contribution in [2.45, 2.75) is 11.8 Å². The molecule has 2 aromatic rings. The number of rotatable bonds is 5. The Labute approximate surface area is 118 Å². The van der Waals surface area contributed by atoms with Crippen LogP contribution in [0.2, 0.25) is 0 Å². The second-order valence-corrected chi connectivity index (χ2v) is 6.64. The van der Waals surface area contributed by atoms with Crippen molar-refractivity contribution < 1.29 is 13.3 Å². The molecule has 2 aromatic carbocycles. The molecule has 0 spiro atoms. The van der Waals surface area contributed by atoms with Gasteiger partial charge in [-0.1, -0.05) is 37.3 Å². The smallest absolute Gasteiger partial charge is 0.228 e. The monoisotopic (exact) mass is 293 g/mol. The number of halogens is 1. The van der Waals surface area contributed by atoms with E-state index in [1.54, 1.807) is 43.3 Å². The summed E-state index contributed by atoms with van der Waals surface area (Å²) in [6, 6.07) is 14.1. The van der Waals surface area contributed by atoms with Crippen LogP contribution in [0.4, 0.5) is 4.39 Å². The minimum atomic E-state index is -2.71. The van der Waals surface area contributed by atoms with Crippen LogP contribution >= 0.6 is 0 Å². The molecular weight excluding hydrogens is 277 g/mol. The lowest BCUT2D eigenvalue weighted by Gasteiger charge is -2.10. The zero-order valence-corrected chi connectivity index (χ0v) is 12.0. The van der Waals surface area contributed by atoms with Gasteiger partial charge in [-0.2, -0.15) is 0 Å². The Morgan fingerprint density at radius 2 is 1.80 bits per heavy atom.